The van der Waals surface area contributed by atoms with E-state index in [1.54, 1.807) is 6.20 Å². The first-order valence-electron chi connectivity index (χ1n) is 7.94. The number of imidazole rings is 1. The second-order valence-corrected chi connectivity index (χ2v) is 6.25. The first kappa shape index (κ1) is 19.3. The van der Waals surface area contributed by atoms with Crippen LogP contribution in [0.4, 0.5) is 16.5 Å². The van der Waals surface area contributed by atoms with Gasteiger partial charge in [0.2, 0.25) is 5.13 Å². The molecule has 6 nitrogen and oxygen atoms in total. The fourth-order valence-electron chi connectivity index (χ4n) is 2.49. The maximum atomic E-state index is 4.22. The van der Waals surface area contributed by atoms with Gasteiger partial charge in [0.25, 0.3) is 5.82 Å². The van der Waals surface area contributed by atoms with Crippen LogP contribution in [-0.2, 0) is 13.5 Å². The largest absolute Gasteiger partial charge is 1.00 e. The molecule has 132 valence electrons. The Morgan fingerprint density at radius 1 is 1.24 bits per heavy atom. The molecular weight excluding hydrogens is 400 g/mol. The number of nitrogens with one attached hydrogen (secondary N) is 1. The molecule has 0 bridgehead atoms. The van der Waals surface area contributed by atoms with Crippen molar-refractivity contribution in [3.63, 3.8) is 0 Å². The minimum absolute atomic E-state index is 0. The number of azo groups is 1. The molecule has 8 heteroatoms. The van der Waals surface area contributed by atoms with E-state index in [-0.39, 0.29) is 17.0 Å². The molecule has 2 heterocycles. The number of nitrogens with zero attached hydrogens (tertiary/aromatic N) is 5. The van der Waals surface area contributed by atoms with Crippen LogP contribution in [0, 0.1) is 0 Å². The lowest BCUT2D eigenvalue weighted by molar-refractivity contribution is -0.677. The number of rotatable bonds is 7. The van der Waals surface area contributed by atoms with Gasteiger partial charge in [0.15, 0.2) is 0 Å². The first-order chi connectivity index (χ1) is 11.8. The van der Waals surface area contributed by atoms with Gasteiger partial charge in [-0.25, -0.2) is 14.5 Å². The second-order valence-electron chi connectivity index (χ2n) is 5.38. The molecule has 0 radical (unpaired) electrons. The molecule has 0 saturated heterocycles. The minimum Gasteiger partial charge on any atom is -1.00 e. The minimum atomic E-state index is 0. The third-order valence-electron chi connectivity index (χ3n) is 3.86. The van der Waals surface area contributed by atoms with Gasteiger partial charge in [0.1, 0.15) is 12.4 Å². The number of hydrogen-bond acceptors (Lipinski definition) is 5. The number of anilines is 1. The second kappa shape index (κ2) is 9.43. The highest BCUT2D eigenvalue weighted by atomic mass is 79.9. The van der Waals surface area contributed by atoms with Gasteiger partial charge in [-0.05, 0) is 31.2 Å². The lowest BCUT2D eigenvalue weighted by Gasteiger charge is -2.22. The van der Waals surface area contributed by atoms with Crippen LogP contribution in [0.15, 0.2) is 58.5 Å². The fourth-order valence-corrected chi connectivity index (χ4v) is 2.95. The molecule has 0 fully saturated rings. The number of H-pyrrole nitrogens is 1. The lowest BCUT2D eigenvalue weighted by Crippen LogP contribution is -3.00. The van der Waals surface area contributed by atoms with Crippen LogP contribution in [0.1, 0.15) is 12.7 Å². The van der Waals surface area contributed by atoms with Crippen LogP contribution in [0.3, 0.4) is 0 Å². The normalized spacial score (nSPS) is 10.8. The molecule has 0 aliphatic heterocycles. The summed E-state index contributed by atoms with van der Waals surface area (Å²) in [6, 6.07) is 8.16. The molecular formula is C17H21BrN6S. The smallest absolute Gasteiger partial charge is 0.255 e. The van der Waals surface area contributed by atoms with Crippen molar-refractivity contribution in [2.24, 2.45) is 17.3 Å². The van der Waals surface area contributed by atoms with Crippen LogP contribution in [0.2, 0.25) is 0 Å². The Morgan fingerprint density at radius 2 is 2.04 bits per heavy atom. The van der Waals surface area contributed by atoms with Crippen molar-refractivity contribution in [1.82, 2.24) is 9.97 Å². The number of aryl methyl sites for hydroxylation is 1. The quantitative estimate of drug-likeness (QED) is 0.453. The summed E-state index contributed by atoms with van der Waals surface area (Å²) in [5.41, 5.74) is 2.03. The molecule has 1 N–H and O–H groups in total. The van der Waals surface area contributed by atoms with Gasteiger partial charge < -0.3 is 21.9 Å². The van der Waals surface area contributed by atoms with Crippen molar-refractivity contribution < 1.29 is 21.5 Å². The number of benzene rings is 1. The SMILES string of the molecule is CCN(CCc1[nH]cc[n+]1C)c1ccc(N=Nc2nccs2)cc1.[Br-]. The molecule has 0 atom stereocenters. The summed E-state index contributed by atoms with van der Waals surface area (Å²) in [4.78, 5) is 9.72. The van der Waals surface area contributed by atoms with Crippen LogP contribution < -0.4 is 26.4 Å². The number of halogens is 1. The van der Waals surface area contributed by atoms with E-state index in [9.17, 15) is 0 Å². The van der Waals surface area contributed by atoms with Crippen molar-refractivity contribution >= 4 is 27.8 Å². The Kier molecular flexibility index (Phi) is 7.27. The standard InChI is InChI=1S/C17H20N6S.BrH/c1-3-23(11-8-16-18-9-12-22(16)2)15-6-4-14(5-7-15)20-21-17-19-10-13-24-17;/h4-7,9-10,12-13H,3,8,11H2,1-2H3;1H. The van der Waals surface area contributed by atoms with E-state index in [1.807, 2.05) is 29.9 Å². The number of thiazole rings is 1. The lowest BCUT2D eigenvalue weighted by atomic mass is 10.2. The monoisotopic (exact) mass is 420 g/mol. The molecule has 0 unspecified atom stereocenters. The number of likely N-dealkylation sites (N-methyl/N-ethyl adjacent to an activating group) is 1. The number of aromatic amines is 1. The zero-order valence-corrected chi connectivity index (χ0v) is 16.7. The molecule has 0 amide bonds. The van der Waals surface area contributed by atoms with Crippen LogP contribution in [-0.4, -0.2) is 23.1 Å². The maximum Gasteiger partial charge on any atom is 0.255 e. The van der Waals surface area contributed by atoms with Gasteiger partial charge in [-0.1, -0.05) is 0 Å². The van der Waals surface area contributed by atoms with E-state index in [2.05, 4.69) is 55.8 Å². The average molecular weight is 421 g/mol. The van der Waals surface area contributed by atoms with Gasteiger partial charge in [0.05, 0.1) is 19.2 Å². The van der Waals surface area contributed by atoms with Crippen molar-refractivity contribution in [2.75, 3.05) is 18.0 Å². The number of hydrogen-bond donors (Lipinski definition) is 1. The van der Waals surface area contributed by atoms with Gasteiger partial charge in [-0.3, -0.25) is 0 Å². The van der Waals surface area contributed by atoms with Gasteiger partial charge >= 0.3 is 0 Å². The summed E-state index contributed by atoms with van der Waals surface area (Å²) < 4.78 is 2.12. The number of aromatic nitrogens is 3. The average Bonchev–Trinajstić information content (AvgIpc) is 3.26. The molecule has 1 aromatic carbocycles. The summed E-state index contributed by atoms with van der Waals surface area (Å²) >= 11 is 1.48. The van der Waals surface area contributed by atoms with E-state index in [4.69, 9.17) is 0 Å². The Balaban J connectivity index is 0.00000225. The third-order valence-corrected chi connectivity index (χ3v) is 4.51. The van der Waals surface area contributed by atoms with E-state index in [1.165, 1.54) is 22.8 Å². The topological polar surface area (TPSA) is 60.5 Å². The van der Waals surface area contributed by atoms with Crippen molar-refractivity contribution in [2.45, 2.75) is 13.3 Å². The van der Waals surface area contributed by atoms with Crippen molar-refractivity contribution in [1.29, 1.82) is 0 Å². The van der Waals surface area contributed by atoms with E-state index in [0.717, 1.165) is 25.2 Å². The molecule has 0 aliphatic carbocycles. The summed E-state index contributed by atoms with van der Waals surface area (Å²) in [6.45, 7) is 4.10. The highest BCUT2D eigenvalue weighted by molar-refractivity contribution is 7.13. The fraction of sp³-hybridized carbons (Fsp3) is 0.294. The maximum absolute atomic E-state index is 4.22. The third kappa shape index (κ3) is 5.20. The first-order valence-corrected chi connectivity index (χ1v) is 8.82. The van der Waals surface area contributed by atoms with Gasteiger partial charge in [-0.15, -0.1) is 21.6 Å². The Hall–Kier alpha value is -2.06. The van der Waals surface area contributed by atoms with Crippen molar-refractivity contribution in [3.8, 4) is 0 Å². The molecule has 0 saturated carbocycles. The van der Waals surface area contributed by atoms with E-state index >= 15 is 0 Å². The molecule has 0 spiro atoms. The highest BCUT2D eigenvalue weighted by Gasteiger charge is 2.10. The molecule has 0 aliphatic rings. The molecule has 3 rings (SSSR count). The predicted octanol–water partition coefficient (Wildman–Crippen LogP) is 0.784. The molecule has 3 aromatic rings. The summed E-state index contributed by atoms with van der Waals surface area (Å²) in [6.07, 6.45) is 6.70. The van der Waals surface area contributed by atoms with Crippen molar-refractivity contribution in [3.05, 3.63) is 54.1 Å². The zero-order valence-electron chi connectivity index (χ0n) is 14.3. The molecule has 2 aromatic heterocycles. The molecule has 25 heavy (non-hydrogen) atoms. The van der Waals surface area contributed by atoms with Gasteiger partial charge in [-0.2, -0.15) is 0 Å². The highest BCUT2D eigenvalue weighted by Crippen LogP contribution is 2.23. The zero-order chi connectivity index (χ0) is 16.8. The van der Waals surface area contributed by atoms with E-state index in [0.29, 0.717) is 5.13 Å². The Bertz CT molecular complexity index is 782. The Morgan fingerprint density at radius 3 is 2.64 bits per heavy atom. The summed E-state index contributed by atoms with van der Waals surface area (Å²) in [5.74, 6) is 1.22. The van der Waals surface area contributed by atoms with Crippen LogP contribution in [0.5, 0.6) is 0 Å². The van der Waals surface area contributed by atoms with Gasteiger partial charge in [0, 0.05) is 30.4 Å². The van der Waals surface area contributed by atoms with Crippen LogP contribution >= 0.6 is 11.3 Å². The Labute approximate surface area is 162 Å². The summed E-state index contributed by atoms with van der Waals surface area (Å²) in [7, 11) is 2.06. The summed E-state index contributed by atoms with van der Waals surface area (Å²) in [5, 5.41) is 10.9. The van der Waals surface area contributed by atoms with E-state index < -0.39 is 0 Å². The predicted molar refractivity (Wildman–Crippen MR) is 96.3 cm³/mol. The van der Waals surface area contributed by atoms with Crippen LogP contribution in [0.25, 0.3) is 0 Å².